The molecular formula is C15H16N4O3. The first-order valence-corrected chi connectivity index (χ1v) is 7.13. The van der Waals surface area contributed by atoms with Crippen molar-refractivity contribution in [1.29, 1.82) is 0 Å². The van der Waals surface area contributed by atoms with E-state index in [0.717, 1.165) is 12.0 Å². The molecule has 1 aliphatic heterocycles. The van der Waals surface area contributed by atoms with Gasteiger partial charge in [0.2, 0.25) is 5.91 Å². The normalized spacial score (nSPS) is 17.6. The Morgan fingerprint density at radius 3 is 2.77 bits per heavy atom. The van der Waals surface area contributed by atoms with E-state index in [1.165, 1.54) is 9.58 Å². The number of likely N-dealkylation sites (tertiary alicyclic amines) is 1. The van der Waals surface area contributed by atoms with E-state index in [1.807, 2.05) is 30.3 Å². The lowest BCUT2D eigenvalue weighted by atomic mass is 10.2. The molecule has 0 spiro atoms. The molecule has 1 aromatic heterocycles. The lowest BCUT2D eigenvalue weighted by Crippen LogP contribution is -2.42. The molecule has 1 amide bonds. The van der Waals surface area contributed by atoms with Gasteiger partial charge in [-0.2, -0.15) is 0 Å². The zero-order chi connectivity index (χ0) is 15.5. The lowest BCUT2D eigenvalue weighted by Gasteiger charge is -2.21. The third kappa shape index (κ3) is 2.83. The molecule has 1 N–H and O–H groups in total. The molecule has 0 aliphatic carbocycles. The Hall–Kier alpha value is -2.70. The van der Waals surface area contributed by atoms with E-state index in [4.69, 9.17) is 5.11 Å². The van der Waals surface area contributed by atoms with Crippen LogP contribution >= 0.6 is 0 Å². The fourth-order valence-corrected chi connectivity index (χ4v) is 2.67. The molecule has 1 atom stereocenters. The summed E-state index contributed by atoms with van der Waals surface area (Å²) >= 11 is 0. The van der Waals surface area contributed by atoms with Gasteiger partial charge in [-0.15, -0.1) is 5.10 Å². The molecule has 0 radical (unpaired) electrons. The summed E-state index contributed by atoms with van der Waals surface area (Å²) in [6.07, 6.45) is 2.92. The second-order valence-corrected chi connectivity index (χ2v) is 5.25. The Kier molecular flexibility index (Phi) is 3.86. The molecule has 7 heteroatoms. The molecule has 2 aromatic rings. The summed E-state index contributed by atoms with van der Waals surface area (Å²) in [5, 5.41) is 17.1. The molecule has 22 heavy (non-hydrogen) atoms. The zero-order valence-corrected chi connectivity index (χ0v) is 11.9. The average Bonchev–Trinajstić information content (AvgIpc) is 3.17. The average molecular weight is 300 g/mol. The van der Waals surface area contributed by atoms with Crippen LogP contribution in [0.3, 0.4) is 0 Å². The quantitative estimate of drug-likeness (QED) is 0.910. The summed E-state index contributed by atoms with van der Waals surface area (Å²) in [4.78, 5) is 24.8. The van der Waals surface area contributed by atoms with Crippen molar-refractivity contribution in [2.75, 3.05) is 6.54 Å². The smallest absolute Gasteiger partial charge is 0.326 e. The number of rotatable bonds is 4. The van der Waals surface area contributed by atoms with Crippen LogP contribution in [0.4, 0.5) is 0 Å². The van der Waals surface area contributed by atoms with Crippen molar-refractivity contribution in [3.8, 4) is 11.3 Å². The highest BCUT2D eigenvalue weighted by atomic mass is 16.4. The summed E-state index contributed by atoms with van der Waals surface area (Å²) in [6.45, 7) is 0.486. The first kappa shape index (κ1) is 14.2. The predicted molar refractivity (Wildman–Crippen MR) is 77.8 cm³/mol. The second-order valence-electron chi connectivity index (χ2n) is 5.25. The minimum Gasteiger partial charge on any atom is -0.480 e. The number of carbonyl (C=O) groups excluding carboxylic acids is 1. The van der Waals surface area contributed by atoms with Crippen molar-refractivity contribution < 1.29 is 14.7 Å². The lowest BCUT2D eigenvalue weighted by molar-refractivity contribution is -0.148. The fraction of sp³-hybridized carbons (Fsp3) is 0.333. The van der Waals surface area contributed by atoms with Crippen LogP contribution in [0, 0.1) is 0 Å². The number of aliphatic carboxylic acids is 1. The standard InChI is InChI=1S/C15H16N4O3/c20-14(19-8-4-7-13(19)15(21)22)10-18-9-12(16-17-18)11-5-2-1-3-6-11/h1-3,5-6,9,13H,4,7-8,10H2,(H,21,22)/t13-/m1/s1. The van der Waals surface area contributed by atoms with Gasteiger partial charge in [0.05, 0.1) is 6.20 Å². The van der Waals surface area contributed by atoms with Crippen LogP contribution in [-0.4, -0.2) is 49.5 Å². The molecule has 0 saturated carbocycles. The maximum atomic E-state index is 12.2. The number of aromatic nitrogens is 3. The van der Waals surface area contributed by atoms with Gasteiger partial charge < -0.3 is 10.0 Å². The van der Waals surface area contributed by atoms with Gasteiger partial charge in [0.25, 0.3) is 0 Å². The molecule has 1 fully saturated rings. The van der Waals surface area contributed by atoms with E-state index in [0.29, 0.717) is 18.7 Å². The van der Waals surface area contributed by atoms with Crippen LogP contribution in [0.1, 0.15) is 12.8 Å². The summed E-state index contributed by atoms with van der Waals surface area (Å²) in [7, 11) is 0. The maximum Gasteiger partial charge on any atom is 0.326 e. The third-order valence-electron chi connectivity index (χ3n) is 3.76. The number of carbonyl (C=O) groups is 2. The highest BCUT2D eigenvalue weighted by Gasteiger charge is 2.33. The number of carboxylic acids is 1. The highest BCUT2D eigenvalue weighted by Crippen LogP contribution is 2.19. The van der Waals surface area contributed by atoms with Crippen LogP contribution in [-0.2, 0) is 16.1 Å². The molecule has 3 rings (SSSR count). The molecule has 1 saturated heterocycles. The number of hydrogen-bond acceptors (Lipinski definition) is 4. The van der Waals surface area contributed by atoms with Crippen molar-refractivity contribution in [2.24, 2.45) is 0 Å². The summed E-state index contributed by atoms with van der Waals surface area (Å²) in [5.41, 5.74) is 1.61. The van der Waals surface area contributed by atoms with Crippen molar-refractivity contribution in [3.63, 3.8) is 0 Å². The van der Waals surface area contributed by atoms with E-state index >= 15 is 0 Å². The van der Waals surface area contributed by atoms with Crippen LogP contribution < -0.4 is 0 Å². The first-order chi connectivity index (χ1) is 10.6. The predicted octanol–water partition coefficient (Wildman–Crippen LogP) is 1.02. The minimum atomic E-state index is -0.950. The van der Waals surface area contributed by atoms with Crippen molar-refractivity contribution in [2.45, 2.75) is 25.4 Å². The van der Waals surface area contributed by atoms with Crippen molar-refractivity contribution in [1.82, 2.24) is 19.9 Å². The van der Waals surface area contributed by atoms with Gasteiger partial charge in [-0.3, -0.25) is 4.79 Å². The van der Waals surface area contributed by atoms with E-state index in [-0.39, 0.29) is 12.5 Å². The number of amides is 1. The highest BCUT2D eigenvalue weighted by molar-refractivity contribution is 5.84. The summed E-state index contributed by atoms with van der Waals surface area (Å²) < 4.78 is 1.45. The minimum absolute atomic E-state index is 0.00358. The van der Waals surface area contributed by atoms with Gasteiger partial charge >= 0.3 is 5.97 Å². The Morgan fingerprint density at radius 1 is 1.27 bits per heavy atom. The van der Waals surface area contributed by atoms with E-state index in [1.54, 1.807) is 6.20 Å². The second kappa shape index (κ2) is 5.97. The van der Waals surface area contributed by atoms with E-state index in [2.05, 4.69) is 10.3 Å². The largest absolute Gasteiger partial charge is 0.480 e. The molecule has 1 aromatic carbocycles. The van der Waals surface area contributed by atoms with Crippen molar-refractivity contribution in [3.05, 3.63) is 36.5 Å². The van der Waals surface area contributed by atoms with Gasteiger partial charge in [-0.1, -0.05) is 35.5 Å². The SMILES string of the molecule is O=C(O)[C@H]1CCCN1C(=O)Cn1cc(-c2ccccc2)nn1. The van der Waals surface area contributed by atoms with Gasteiger partial charge in [-0.05, 0) is 12.8 Å². The topological polar surface area (TPSA) is 88.3 Å². The Bertz CT molecular complexity index is 683. The van der Waals surface area contributed by atoms with Gasteiger partial charge in [0, 0.05) is 12.1 Å². The number of nitrogens with zero attached hydrogens (tertiary/aromatic N) is 4. The maximum absolute atomic E-state index is 12.2. The van der Waals surface area contributed by atoms with Crippen LogP contribution in [0.15, 0.2) is 36.5 Å². The Balaban J connectivity index is 1.70. The van der Waals surface area contributed by atoms with Gasteiger partial charge in [0.15, 0.2) is 0 Å². The number of benzene rings is 1. The monoisotopic (exact) mass is 300 g/mol. The van der Waals surface area contributed by atoms with E-state index < -0.39 is 12.0 Å². The molecule has 2 heterocycles. The van der Waals surface area contributed by atoms with Crippen LogP contribution in [0.5, 0.6) is 0 Å². The van der Waals surface area contributed by atoms with Crippen molar-refractivity contribution >= 4 is 11.9 Å². The van der Waals surface area contributed by atoms with Crippen LogP contribution in [0.2, 0.25) is 0 Å². The molecule has 114 valence electrons. The molecule has 0 unspecified atom stereocenters. The van der Waals surface area contributed by atoms with Gasteiger partial charge in [-0.25, -0.2) is 9.48 Å². The van der Waals surface area contributed by atoms with E-state index in [9.17, 15) is 9.59 Å². The summed E-state index contributed by atoms with van der Waals surface area (Å²) in [5.74, 6) is -1.19. The third-order valence-corrected chi connectivity index (χ3v) is 3.76. The number of carboxylic acid groups (broad SMARTS) is 1. The Morgan fingerprint density at radius 2 is 2.05 bits per heavy atom. The zero-order valence-electron chi connectivity index (χ0n) is 11.9. The summed E-state index contributed by atoms with van der Waals surface area (Å²) in [6, 6.07) is 8.83. The van der Waals surface area contributed by atoms with Gasteiger partial charge in [0.1, 0.15) is 18.3 Å². The fourth-order valence-electron chi connectivity index (χ4n) is 2.67. The molecule has 1 aliphatic rings. The molecular weight excluding hydrogens is 284 g/mol. The van der Waals surface area contributed by atoms with Crippen LogP contribution in [0.25, 0.3) is 11.3 Å². The first-order valence-electron chi connectivity index (χ1n) is 7.13. The number of hydrogen-bond donors (Lipinski definition) is 1. The Labute approximate surface area is 127 Å². The molecule has 0 bridgehead atoms. The molecule has 7 nitrogen and oxygen atoms in total.